The molecule has 1 aromatic carbocycles. The van der Waals surface area contributed by atoms with Crippen molar-refractivity contribution < 1.29 is 23.8 Å². The molecule has 0 aliphatic carbocycles. The van der Waals surface area contributed by atoms with Gasteiger partial charge in [0.05, 0.1) is 13.7 Å². The number of hydrogen-bond acceptors (Lipinski definition) is 5. The molecule has 0 aromatic heterocycles. The lowest BCUT2D eigenvalue weighted by Crippen LogP contribution is -2.44. The first-order valence-electron chi connectivity index (χ1n) is 5.93. The molecule has 7 heteroatoms. The molecule has 1 rings (SSSR count). The van der Waals surface area contributed by atoms with E-state index in [1.807, 2.05) is 0 Å². The van der Waals surface area contributed by atoms with Gasteiger partial charge in [0.15, 0.2) is 6.04 Å². The second-order valence-corrected chi connectivity index (χ2v) is 5.05. The first kappa shape index (κ1) is 16.5. The van der Waals surface area contributed by atoms with E-state index in [1.54, 1.807) is 12.1 Å². The van der Waals surface area contributed by atoms with Gasteiger partial charge in [-0.15, -0.1) is 11.8 Å². The Kier molecular flexibility index (Phi) is 7.03. The molecule has 1 aromatic rings. The maximum absolute atomic E-state index is 12.7. The van der Waals surface area contributed by atoms with Crippen LogP contribution in [0.3, 0.4) is 0 Å². The van der Waals surface area contributed by atoms with Crippen molar-refractivity contribution in [3.05, 3.63) is 30.1 Å². The highest BCUT2D eigenvalue weighted by Gasteiger charge is 2.19. The number of thioether (sulfide) groups is 1. The van der Waals surface area contributed by atoms with Crippen molar-refractivity contribution in [1.29, 1.82) is 0 Å². The Bertz CT molecular complexity index is 452. The van der Waals surface area contributed by atoms with Crippen molar-refractivity contribution in [3.8, 4) is 0 Å². The summed E-state index contributed by atoms with van der Waals surface area (Å²) in [5.74, 6) is -0.872. The van der Waals surface area contributed by atoms with E-state index in [0.29, 0.717) is 5.75 Å². The predicted molar refractivity (Wildman–Crippen MR) is 72.8 cm³/mol. The molecule has 0 saturated carbocycles. The Balaban J connectivity index is 2.32. The first-order valence-corrected chi connectivity index (χ1v) is 6.91. The largest absolute Gasteiger partial charge is 0.467 e. The van der Waals surface area contributed by atoms with E-state index in [2.05, 4.69) is 10.1 Å². The van der Waals surface area contributed by atoms with Crippen LogP contribution in [-0.4, -0.2) is 42.5 Å². The van der Waals surface area contributed by atoms with Gasteiger partial charge in [0.1, 0.15) is 5.82 Å². The second-order valence-electron chi connectivity index (χ2n) is 3.88. The van der Waals surface area contributed by atoms with Crippen LogP contribution in [0, 0.1) is 5.82 Å². The summed E-state index contributed by atoms with van der Waals surface area (Å²) in [6, 6.07) is 4.91. The van der Waals surface area contributed by atoms with Gasteiger partial charge >= 0.3 is 5.97 Å². The normalized spacial score (nSPS) is 11.8. The van der Waals surface area contributed by atoms with Gasteiger partial charge in [0.2, 0.25) is 5.91 Å². The van der Waals surface area contributed by atoms with Crippen LogP contribution >= 0.6 is 11.8 Å². The summed E-state index contributed by atoms with van der Waals surface area (Å²) in [5, 5.41) is 11.3. The van der Waals surface area contributed by atoms with E-state index in [4.69, 9.17) is 5.11 Å². The average molecular weight is 301 g/mol. The highest BCUT2D eigenvalue weighted by atomic mass is 32.2. The zero-order valence-corrected chi connectivity index (χ0v) is 11.8. The Labute approximate surface area is 120 Å². The number of aliphatic hydroxyl groups excluding tert-OH is 1. The minimum absolute atomic E-state index is 0.176. The van der Waals surface area contributed by atoms with E-state index in [9.17, 15) is 14.0 Å². The van der Waals surface area contributed by atoms with Gasteiger partial charge in [-0.1, -0.05) is 0 Å². The number of nitrogens with one attached hydrogen (secondary N) is 1. The summed E-state index contributed by atoms with van der Waals surface area (Å²) in [5.41, 5.74) is 0. The number of ether oxygens (including phenoxy) is 1. The van der Waals surface area contributed by atoms with E-state index >= 15 is 0 Å². The van der Waals surface area contributed by atoms with E-state index in [1.165, 1.54) is 31.0 Å². The van der Waals surface area contributed by atoms with Gasteiger partial charge in [-0.3, -0.25) is 4.79 Å². The molecule has 0 bridgehead atoms. The quantitative estimate of drug-likeness (QED) is 0.579. The molecule has 1 amide bonds. The molecule has 1 atom stereocenters. The number of amides is 1. The molecule has 0 saturated heterocycles. The summed E-state index contributed by atoms with van der Waals surface area (Å²) in [6.45, 7) is -0.510. The molecule has 1 unspecified atom stereocenters. The Morgan fingerprint density at radius 3 is 2.60 bits per heavy atom. The fourth-order valence-electron chi connectivity index (χ4n) is 1.38. The number of esters is 1. The van der Waals surface area contributed by atoms with E-state index in [0.717, 1.165) is 4.90 Å². The maximum Gasteiger partial charge on any atom is 0.330 e. The van der Waals surface area contributed by atoms with Crippen LogP contribution in [0.5, 0.6) is 0 Å². The topological polar surface area (TPSA) is 75.6 Å². The van der Waals surface area contributed by atoms with E-state index in [-0.39, 0.29) is 18.1 Å². The summed E-state index contributed by atoms with van der Waals surface area (Å²) in [4.78, 5) is 23.6. The monoisotopic (exact) mass is 301 g/mol. The van der Waals surface area contributed by atoms with Crippen LogP contribution in [0.2, 0.25) is 0 Å². The maximum atomic E-state index is 12.7. The van der Waals surface area contributed by atoms with Crippen LogP contribution in [0.4, 0.5) is 4.39 Å². The van der Waals surface area contributed by atoms with Crippen molar-refractivity contribution in [2.45, 2.75) is 17.4 Å². The highest BCUT2D eigenvalue weighted by Crippen LogP contribution is 2.18. The fourth-order valence-corrected chi connectivity index (χ4v) is 2.23. The van der Waals surface area contributed by atoms with Crippen molar-refractivity contribution in [1.82, 2.24) is 5.32 Å². The minimum Gasteiger partial charge on any atom is -0.467 e. The molecule has 0 aliphatic heterocycles. The standard InChI is InChI=1S/C13H16FNO4S/c1-19-13(18)11(8-16)15-12(17)6-7-20-10-4-2-9(14)3-5-10/h2-5,11,16H,6-8H2,1H3,(H,15,17). The Hall–Kier alpha value is -1.60. The molecule has 0 fully saturated rings. The molecule has 0 radical (unpaired) electrons. The molecule has 2 N–H and O–H groups in total. The van der Waals surface area contributed by atoms with Gasteiger partial charge in [0.25, 0.3) is 0 Å². The lowest BCUT2D eigenvalue weighted by molar-refractivity contribution is -0.146. The summed E-state index contributed by atoms with van der Waals surface area (Å²) >= 11 is 1.40. The Morgan fingerprint density at radius 1 is 1.40 bits per heavy atom. The summed E-state index contributed by atoms with van der Waals surface area (Å²) in [7, 11) is 1.18. The fraction of sp³-hybridized carbons (Fsp3) is 0.385. The highest BCUT2D eigenvalue weighted by molar-refractivity contribution is 7.99. The third-order valence-electron chi connectivity index (χ3n) is 2.41. The minimum atomic E-state index is -1.04. The summed E-state index contributed by atoms with van der Waals surface area (Å²) in [6.07, 6.45) is 0.176. The zero-order chi connectivity index (χ0) is 15.0. The number of benzene rings is 1. The number of carbonyl (C=O) groups excluding carboxylic acids is 2. The smallest absolute Gasteiger partial charge is 0.330 e. The molecule has 20 heavy (non-hydrogen) atoms. The van der Waals surface area contributed by atoms with Crippen molar-refractivity contribution >= 4 is 23.6 Å². The number of rotatable bonds is 7. The lowest BCUT2D eigenvalue weighted by atomic mass is 10.3. The third-order valence-corrected chi connectivity index (χ3v) is 3.43. The predicted octanol–water partition coefficient (Wildman–Crippen LogP) is 0.958. The average Bonchev–Trinajstić information content (AvgIpc) is 2.46. The zero-order valence-electron chi connectivity index (χ0n) is 11.0. The van der Waals surface area contributed by atoms with Gasteiger partial charge in [-0.2, -0.15) is 0 Å². The van der Waals surface area contributed by atoms with Crippen molar-refractivity contribution in [3.63, 3.8) is 0 Å². The number of methoxy groups -OCH3 is 1. The van der Waals surface area contributed by atoms with Crippen LogP contribution in [0.25, 0.3) is 0 Å². The molecule has 0 aliphatic rings. The molecule has 0 spiro atoms. The molecular formula is C13H16FNO4S. The third kappa shape index (κ3) is 5.58. The Morgan fingerprint density at radius 2 is 2.05 bits per heavy atom. The molecule has 110 valence electrons. The number of hydrogen-bond donors (Lipinski definition) is 2. The van der Waals surface area contributed by atoms with Gasteiger partial charge in [-0.05, 0) is 24.3 Å². The van der Waals surface area contributed by atoms with Crippen LogP contribution in [0.1, 0.15) is 6.42 Å². The number of aliphatic hydroxyl groups is 1. The molecule has 5 nitrogen and oxygen atoms in total. The van der Waals surface area contributed by atoms with Gasteiger partial charge < -0.3 is 15.2 Å². The van der Waals surface area contributed by atoms with Crippen molar-refractivity contribution in [2.24, 2.45) is 0 Å². The van der Waals surface area contributed by atoms with Crippen LogP contribution in [0.15, 0.2) is 29.2 Å². The van der Waals surface area contributed by atoms with Gasteiger partial charge in [-0.25, -0.2) is 9.18 Å². The van der Waals surface area contributed by atoms with Crippen LogP contribution in [-0.2, 0) is 14.3 Å². The molecule has 0 heterocycles. The van der Waals surface area contributed by atoms with Gasteiger partial charge in [0, 0.05) is 17.1 Å². The van der Waals surface area contributed by atoms with Crippen LogP contribution < -0.4 is 5.32 Å². The van der Waals surface area contributed by atoms with E-state index < -0.39 is 18.6 Å². The number of carbonyl (C=O) groups is 2. The summed E-state index contributed by atoms with van der Waals surface area (Å²) < 4.78 is 17.1. The first-order chi connectivity index (χ1) is 9.56. The molecular weight excluding hydrogens is 285 g/mol. The lowest BCUT2D eigenvalue weighted by Gasteiger charge is -2.13. The second kappa shape index (κ2) is 8.55. The SMILES string of the molecule is COC(=O)C(CO)NC(=O)CCSc1ccc(F)cc1. The van der Waals surface area contributed by atoms with Crippen molar-refractivity contribution in [2.75, 3.05) is 19.5 Å². The number of halogens is 1.